The SMILES string of the molecule is O=C(CNCC(O)c1ccc(Cl)cc1)N1CCCCC1. The lowest BCUT2D eigenvalue weighted by Crippen LogP contribution is -2.41. The molecule has 20 heavy (non-hydrogen) atoms. The summed E-state index contributed by atoms with van der Waals surface area (Å²) in [5.41, 5.74) is 0.798. The predicted molar refractivity (Wildman–Crippen MR) is 79.7 cm³/mol. The summed E-state index contributed by atoms with van der Waals surface area (Å²) in [6, 6.07) is 7.08. The summed E-state index contributed by atoms with van der Waals surface area (Å²) in [4.78, 5) is 13.8. The molecule has 0 aromatic heterocycles. The van der Waals surface area contributed by atoms with Gasteiger partial charge in [0.25, 0.3) is 0 Å². The maximum atomic E-state index is 11.9. The van der Waals surface area contributed by atoms with Gasteiger partial charge < -0.3 is 15.3 Å². The number of hydrogen-bond acceptors (Lipinski definition) is 3. The molecule has 1 aliphatic rings. The van der Waals surface area contributed by atoms with Crippen LogP contribution < -0.4 is 5.32 Å². The van der Waals surface area contributed by atoms with Crippen molar-refractivity contribution in [1.29, 1.82) is 0 Å². The van der Waals surface area contributed by atoms with E-state index in [9.17, 15) is 9.90 Å². The van der Waals surface area contributed by atoms with Crippen molar-refractivity contribution in [1.82, 2.24) is 10.2 Å². The third kappa shape index (κ3) is 4.47. The topological polar surface area (TPSA) is 52.6 Å². The van der Waals surface area contributed by atoms with Gasteiger partial charge in [0.05, 0.1) is 12.6 Å². The zero-order chi connectivity index (χ0) is 14.4. The van der Waals surface area contributed by atoms with E-state index in [1.54, 1.807) is 24.3 Å². The summed E-state index contributed by atoms with van der Waals surface area (Å²) >= 11 is 5.80. The number of nitrogens with one attached hydrogen (secondary N) is 1. The fourth-order valence-electron chi connectivity index (χ4n) is 2.37. The Bertz CT molecular complexity index is 430. The molecule has 0 saturated carbocycles. The molecule has 1 aromatic carbocycles. The van der Waals surface area contributed by atoms with Crippen LogP contribution in [0.1, 0.15) is 30.9 Å². The molecule has 1 aromatic rings. The van der Waals surface area contributed by atoms with Gasteiger partial charge in [-0.3, -0.25) is 4.79 Å². The van der Waals surface area contributed by atoms with Crippen LogP contribution in [0.15, 0.2) is 24.3 Å². The fourth-order valence-corrected chi connectivity index (χ4v) is 2.50. The minimum absolute atomic E-state index is 0.119. The number of hydrogen-bond donors (Lipinski definition) is 2. The van der Waals surface area contributed by atoms with Crippen LogP contribution in [0.3, 0.4) is 0 Å². The van der Waals surface area contributed by atoms with E-state index in [2.05, 4.69) is 5.32 Å². The van der Waals surface area contributed by atoms with Gasteiger partial charge in [0.15, 0.2) is 0 Å². The molecule has 5 heteroatoms. The lowest BCUT2D eigenvalue weighted by Gasteiger charge is -2.27. The first-order valence-electron chi connectivity index (χ1n) is 7.09. The van der Waals surface area contributed by atoms with E-state index in [1.807, 2.05) is 4.90 Å². The summed E-state index contributed by atoms with van der Waals surface area (Å²) in [5, 5.41) is 13.7. The van der Waals surface area contributed by atoms with Gasteiger partial charge in [-0.1, -0.05) is 23.7 Å². The highest BCUT2D eigenvalue weighted by atomic mass is 35.5. The number of nitrogens with zero attached hydrogens (tertiary/aromatic N) is 1. The van der Waals surface area contributed by atoms with Gasteiger partial charge in [-0.15, -0.1) is 0 Å². The molecule has 0 bridgehead atoms. The second-order valence-corrected chi connectivity index (χ2v) is 5.58. The van der Waals surface area contributed by atoms with Crippen molar-refractivity contribution in [3.8, 4) is 0 Å². The molecule has 0 aliphatic carbocycles. The summed E-state index contributed by atoms with van der Waals surface area (Å²) < 4.78 is 0. The van der Waals surface area contributed by atoms with Crippen LogP contribution >= 0.6 is 11.6 Å². The van der Waals surface area contributed by atoms with E-state index in [-0.39, 0.29) is 12.5 Å². The highest BCUT2D eigenvalue weighted by Crippen LogP contribution is 2.15. The van der Waals surface area contributed by atoms with Crippen LogP contribution in [0, 0.1) is 0 Å². The Morgan fingerprint density at radius 2 is 1.90 bits per heavy atom. The number of carbonyl (C=O) groups excluding carboxylic acids is 1. The van der Waals surface area contributed by atoms with Crippen molar-refractivity contribution < 1.29 is 9.90 Å². The quantitative estimate of drug-likeness (QED) is 0.873. The minimum atomic E-state index is -0.624. The molecule has 1 saturated heterocycles. The standard InChI is InChI=1S/C15H21ClN2O2/c16-13-6-4-12(5-7-13)14(19)10-17-11-15(20)18-8-2-1-3-9-18/h4-7,14,17,19H,1-3,8-11H2. The number of amides is 1. The molecule has 0 spiro atoms. The van der Waals surface area contributed by atoms with Crippen LogP contribution in [0.5, 0.6) is 0 Å². The van der Waals surface area contributed by atoms with E-state index in [1.165, 1.54) is 6.42 Å². The van der Waals surface area contributed by atoms with E-state index in [4.69, 9.17) is 11.6 Å². The van der Waals surface area contributed by atoms with Gasteiger partial charge >= 0.3 is 0 Å². The number of rotatable bonds is 5. The maximum absolute atomic E-state index is 11.9. The lowest BCUT2D eigenvalue weighted by molar-refractivity contribution is -0.131. The van der Waals surface area contributed by atoms with Crippen LogP contribution in [0.4, 0.5) is 0 Å². The molecule has 1 atom stereocenters. The second-order valence-electron chi connectivity index (χ2n) is 5.14. The van der Waals surface area contributed by atoms with Crippen molar-refractivity contribution in [2.75, 3.05) is 26.2 Å². The van der Waals surface area contributed by atoms with Crippen molar-refractivity contribution in [3.63, 3.8) is 0 Å². The summed E-state index contributed by atoms with van der Waals surface area (Å²) in [7, 11) is 0. The summed E-state index contributed by atoms with van der Waals surface area (Å²) in [6.45, 7) is 2.37. The van der Waals surface area contributed by atoms with Crippen molar-refractivity contribution >= 4 is 17.5 Å². The van der Waals surface area contributed by atoms with E-state index in [0.29, 0.717) is 11.6 Å². The van der Waals surface area contributed by atoms with Gasteiger partial charge in [-0.05, 0) is 37.0 Å². The van der Waals surface area contributed by atoms with Gasteiger partial charge in [0.1, 0.15) is 0 Å². The third-order valence-corrected chi connectivity index (χ3v) is 3.83. The minimum Gasteiger partial charge on any atom is -0.387 e. The third-order valence-electron chi connectivity index (χ3n) is 3.58. The normalized spacial score (nSPS) is 17.0. The van der Waals surface area contributed by atoms with Crippen LogP contribution in [0.2, 0.25) is 5.02 Å². The number of carbonyl (C=O) groups is 1. The van der Waals surface area contributed by atoms with Crippen molar-refractivity contribution in [2.24, 2.45) is 0 Å². The average molecular weight is 297 g/mol. The zero-order valence-corrected chi connectivity index (χ0v) is 12.3. The van der Waals surface area contributed by atoms with E-state index >= 15 is 0 Å². The number of aliphatic hydroxyl groups is 1. The highest BCUT2D eigenvalue weighted by molar-refractivity contribution is 6.30. The molecule has 110 valence electrons. The number of piperidine rings is 1. The number of likely N-dealkylation sites (tertiary alicyclic amines) is 1. The molecule has 1 amide bonds. The smallest absolute Gasteiger partial charge is 0.236 e. The second kappa shape index (κ2) is 7.62. The Morgan fingerprint density at radius 1 is 1.25 bits per heavy atom. The molecule has 1 aliphatic heterocycles. The number of halogens is 1. The van der Waals surface area contributed by atoms with Gasteiger partial charge in [0.2, 0.25) is 5.91 Å². The van der Waals surface area contributed by atoms with Gasteiger partial charge in [0, 0.05) is 24.7 Å². The van der Waals surface area contributed by atoms with Crippen LogP contribution in [0.25, 0.3) is 0 Å². The van der Waals surface area contributed by atoms with E-state index < -0.39 is 6.10 Å². The lowest BCUT2D eigenvalue weighted by atomic mass is 10.1. The van der Waals surface area contributed by atoms with Gasteiger partial charge in [-0.2, -0.15) is 0 Å². The summed E-state index contributed by atoms with van der Waals surface area (Å²) in [6.07, 6.45) is 2.78. The zero-order valence-electron chi connectivity index (χ0n) is 11.5. The molecule has 1 heterocycles. The predicted octanol–water partition coefficient (Wildman–Crippen LogP) is 1.98. The largest absolute Gasteiger partial charge is 0.387 e. The molecule has 2 N–H and O–H groups in total. The van der Waals surface area contributed by atoms with Crippen LogP contribution in [-0.4, -0.2) is 42.1 Å². The first kappa shape index (κ1) is 15.3. The number of benzene rings is 1. The Hall–Kier alpha value is -1.10. The monoisotopic (exact) mass is 296 g/mol. The van der Waals surface area contributed by atoms with Crippen LogP contribution in [-0.2, 0) is 4.79 Å². The molecule has 1 fully saturated rings. The molecular formula is C15H21ClN2O2. The van der Waals surface area contributed by atoms with Crippen molar-refractivity contribution in [2.45, 2.75) is 25.4 Å². The Balaban J connectivity index is 1.72. The molecule has 2 rings (SSSR count). The molecule has 1 unspecified atom stereocenters. The average Bonchev–Trinajstić information content (AvgIpc) is 2.48. The highest BCUT2D eigenvalue weighted by Gasteiger charge is 2.16. The van der Waals surface area contributed by atoms with Crippen molar-refractivity contribution in [3.05, 3.63) is 34.9 Å². The molecule has 4 nitrogen and oxygen atoms in total. The summed E-state index contributed by atoms with van der Waals surface area (Å²) in [5.74, 6) is 0.119. The number of aliphatic hydroxyl groups excluding tert-OH is 1. The molecular weight excluding hydrogens is 276 g/mol. The first-order chi connectivity index (χ1) is 9.66. The Morgan fingerprint density at radius 3 is 2.55 bits per heavy atom. The first-order valence-corrected chi connectivity index (χ1v) is 7.46. The fraction of sp³-hybridized carbons (Fsp3) is 0.533. The Labute approximate surface area is 124 Å². The van der Waals surface area contributed by atoms with Gasteiger partial charge in [-0.25, -0.2) is 0 Å². The molecule has 0 radical (unpaired) electrons. The maximum Gasteiger partial charge on any atom is 0.236 e. The Kier molecular flexibility index (Phi) is 5.83. The van der Waals surface area contributed by atoms with E-state index in [0.717, 1.165) is 31.5 Å².